The Morgan fingerprint density at radius 2 is 1.47 bits per heavy atom. The van der Waals surface area contributed by atoms with Crippen molar-refractivity contribution in [1.29, 1.82) is 0 Å². The van der Waals surface area contributed by atoms with Gasteiger partial charge < -0.3 is 44.6 Å². The van der Waals surface area contributed by atoms with Crippen LogP contribution >= 0.6 is 7.75 Å². The minimum absolute atomic E-state index is 0. The van der Waals surface area contributed by atoms with Crippen LogP contribution in [0.1, 0.15) is 84.0 Å². The second-order valence-corrected chi connectivity index (χ2v) is 11.2. The van der Waals surface area contributed by atoms with Gasteiger partial charge in [0, 0.05) is 13.7 Å². The summed E-state index contributed by atoms with van der Waals surface area (Å²) in [6, 6.07) is -1.40. The first-order valence-electron chi connectivity index (χ1n) is 13.5. The molecule has 12 nitrogen and oxygen atoms in total. The number of aliphatic hydroxyl groups excluding tert-OH is 4. The van der Waals surface area contributed by atoms with Gasteiger partial charge in [0.15, 0.2) is 6.29 Å². The number of unbranched alkanes of at least 4 members (excludes halogenated alkanes) is 11. The summed E-state index contributed by atoms with van der Waals surface area (Å²) in [5.41, 5.74) is 0. The van der Waals surface area contributed by atoms with E-state index in [9.17, 15) is 34.7 Å². The van der Waals surface area contributed by atoms with Crippen LogP contribution in [0.3, 0.4) is 0 Å². The first-order valence-corrected chi connectivity index (χ1v) is 15.1. The van der Waals surface area contributed by atoms with Gasteiger partial charge in [-0.25, -0.2) is 5.09 Å². The number of nitrogens with one attached hydrogen (secondary N) is 2. The van der Waals surface area contributed by atoms with Crippen LogP contribution in [-0.4, -0.2) is 89.9 Å². The Hall–Kier alpha value is 0.340. The molecule has 0 aromatic heterocycles. The molecular weight excluding hydrogens is 530 g/mol. The molecule has 2 unspecified atom stereocenters. The number of carbonyl (C=O) groups is 1. The van der Waals surface area contributed by atoms with Crippen molar-refractivity contribution in [2.75, 3.05) is 26.9 Å². The minimum Gasteiger partial charge on any atom is -0.766 e. The average Bonchev–Trinajstić information content (AvgIpc) is 2.88. The standard InChI is InChI=1S/C24H49N2O10P.Na/c1-3-4-5-6-7-8-9-10-11-12-13-14-15-25-23(31)18(26-37(32,33)34-2)17-35-24-22(30)21(29)20(28)19(16-27)36-24;/h18-22,24,27-30H,3-17H2,1-2H3,(H,25,31)(H2,26,32,33);/q;+1/p-1/t18?,19-,20+,21+,22-,24-;/m1./s1. The number of rotatable bonds is 21. The molecule has 1 heterocycles. The first kappa shape index (κ1) is 38.3. The summed E-state index contributed by atoms with van der Waals surface area (Å²) in [6.07, 6.45) is 6.56. The molecule has 1 saturated heterocycles. The Bertz CT molecular complexity index is 664. The van der Waals surface area contributed by atoms with Gasteiger partial charge in [-0.05, 0) is 6.42 Å². The van der Waals surface area contributed by atoms with Crippen molar-refractivity contribution in [2.45, 2.75) is 121 Å². The topological polar surface area (TPSA) is 190 Å². The molecule has 0 radical (unpaired) electrons. The molecule has 6 N–H and O–H groups in total. The fourth-order valence-electron chi connectivity index (χ4n) is 4.11. The van der Waals surface area contributed by atoms with Crippen molar-refractivity contribution in [3.8, 4) is 0 Å². The zero-order valence-electron chi connectivity index (χ0n) is 23.3. The number of hydrogen-bond donors (Lipinski definition) is 6. The predicted molar refractivity (Wildman–Crippen MR) is 135 cm³/mol. The Morgan fingerprint density at radius 3 is 1.97 bits per heavy atom. The summed E-state index contributed by atoms with van der Waals surface area (Å²) in [5, 5.41) is 43.8. The maximum atomic E-state index is 12.6. The van der Waals surface area contributed by atoms with Crippen LogP contribution in [0.2, 0.25) is 0 Å². The van der Waals surface area contributed by atoms with E-state index in [2.05, 4.69) is 21.9 Å². The van der Waals surface area contributed by atoms with Crippen LogP contribution < -0.4 is 44.9 Å². The molecule has 0 bridgehead atoms. The van der Waals surface area contributed by atoms with E-state index in [1.165, 1.54) is 51.4 Å². The molecule has 0 spiro atoms. The second kappa shape index (κ2) is 22.0. The monoisotopic (exact) mass is 578 g/mol. The van der Waals surface area contributed by atoms with Gasteiger partial charge in [0.2, 0.25) is 13.7 Å². The molecule has 0 aromatic carbocycles. The Balaban J connectivity index is 0.0000137. The molecule has 14 heteroatoms. The number of amides is 1. The van der Waals surface area contributed by atoms with Crippen molar-refractivity contribution in [3.05, 3.63) is 0 Å². The van der Waals surface area contributed by atoms with Gasteiger partial charge in [-0.15, -0.1) is 0 Å². The molecule has 1 rings (SSSR count). The summed E-state index contributed by atoms with van der Waals surface area (Å²) in [7, 11) is -3.61. The normalized spacial score (nSPS) is 25.8. The minimum atomic E-state index is -4.55. The van der Waals surface area contributed by atoms with E-state index in [1.54, 1.807) is 0 Å². The van der Waals surface area contributed by atoms with Gasteiger partial charge in [-0.2, -0.15) is 0 Å². The zero-order valence-corrected chi connectivity index (χ0v) is 26.2. The summed E-state index contributed by atoms with van der Waals surface area (Å²) in [4.78, 5) is 24.5. The summed E-state index contributed by atoms with van der Waals surface area (Å²) < 4.78 is 26.8. The fourth-order valence-corrected chi connectivity index (χ4v) is 4.79. The number of hydrogen-bond acceptors (Lipinski definition) is 10. The van der Waals surface area contributed by atoms with Crippen LogP contribution in [0.4, 0.5) is 0 Å². The second-order valence-electron chi connectivity index (χ2n) is 9.57. The molecule has 0 saturated carbocycles. The summed E-state index contributed by atoms with van der Waals surface area (Å²) in [6.45, 7) is 1.37. The largest absolute Gasteiger partial charge is 1.00 e. The van der Waals surface area contributed by atoms with Crippen LogP contribution in [-0.2, 0) is 23.4 Å². The number of ether oxygens (including phenoxy) is 2. The number of carbonyl (C=O) groups excluding carboxylic acids is 1. The SMILES string of the molecule is CCCCCCCCCCCCCCNC(=O)C(CO[C@@H]1O[C@H](CO)[C@H](O)[C@H](O)[C@H]1O)NP(=O)([O-])OC.[Na+]. The van der Waals surface area contributed by atoms with E-state index in [0.717, 1.165) is 32.8 Å². The Labute approximate surface area is 249 Å². The molecule has 1 aliphatic rings. The third-order valence-electron chi connectivity index (χ3n) is 6.48. The summed E-state index contributed by atoms with van der Waals surface area (Å²) in [5.74, 6) is -0.652. The quantitative estimate of drug-likeness (QED) is 0.0488. The van der Waals surface area contributed by atoms with E-state index in [1.807, 2.05) is 0 Å². The van der Waals surface area contributed by atoms with Gasteiger partial charge >= 0.3 is 29.6 Å². The molecule has 7 atom stereocenters. The number of aliphatic hydroxyl groups is 4. The molecule has 220 valence electrons. The molecule has 1 fully saturated rings. The van der Waals surface area contributed by atoms with Gasteiger partial charge in [0.1, 0.15) is 30.5 Å². The van der Waals surface area contributed by atoms with Gasteiger partial charge in [-0.3, -0.25) is 9.36 Å². The van der Waals surface area contributed by atoms with Crippen molar-refractivity contribution in [2.24, 2.45) is 0 Å². The van der Waals surface area contributed by atoms with E-state index < -0.39 is 63.6 Å². The van der Waals surface area contributed by atoms with E-state index >= 15 is 0 Å². The van der Waals surface area contributed by atoms with E-state index in [4.69, 9.17) is 9.47 Å². The molecule has 1 amide bonds. The van der Waals surface area contributed by atoms with E-state index in [-0.39, 0.29) is 29.6 Å². The van der Waals surface area contributed by atoms with Gasteiger partial charge in [0.05, 0.1) is 13.2 Å². The molecule has 38 heavy (non-hydrogen) atoms. The molecule has 1 aliphatic heterocycles. The Morgan fingerprint density at radius 1 is 0.947 bits per heavy atom. The maximum absolute atomic E-state index is 12.6. The first-order chi connectivity index (χ1) is 17.7. The summed E-state index contributed by atoms with van der Waals surface area (Å²) >= 11 is 0. The Kier molecular flexibility index (Phi) is 22.2. The average molecular weight is 579 g/mol. The van der Waals surface area contributed by atoms with Crippen molar-refractivity contribution in [3.63, 3.8) is 0 Å². The molecule has 0 aliphatic carbocycles. The maximum Gasteiger partial charge on any atom is 1.00 e. The fraction of sp³-hybridized carbons (Fsp3) is 0.958. The van der Waals surface area contributed by atoms with Crippen molar-refractivity contribution >= 4 is 13.7 Å². The van der Waals surface area contributed by atoms with Crippen LogP contribution in [0.5, 0.6) is 0 Å². The van der Waals surface area contributed by atoms with Crippen LogP contribution in [0.15, 0.2) is 0 Å². The van der Waals surface area contributed by atoms with Crippen LogP contribution in [0, 0.1) is 0 Å². The smallest absolute Gasteiger partial charge is 0.766 e. The zero-order chi connectivity index (χ0) is 27.7. The van der Waals surface area contributed by atoms with E-state index in [0.29, 0.717) is 6.54 Å². The van der Waals surface area contributed by atoms with Gasteiger partial charge in [0.25, 0.3) is 0 Å². The third-order valence-corrected chi connectivity index (χ3v) is 7.58. The third kappa shape index (κ3) is 15.4. The molecule has 0 aromatic rings. The molecular formula is C24H48N2NaO10P. The van der Waals surface area contributed by atoms with Crippen LogP contribution in [0.25, 0.3) is 0 Å². The van der Waals surface area contributed by atoms with Crippen molar-refractivity contribution < 1.29 is 78.2 Å². The van der Waals surface area contributed by atoms with Gasteiger partial charge in [-0.1, -0.05) is 77.6 Å². The predicted octanol–water partition coefficient (Wildman–Crippen LogP) is -2.30. The van der Waals surface area contributed by atoms with Crippen molar-refractivity contribution in [1.82, 2.24) is 10.4 Å².